The Morgan fingerprint density at radius 1 is 1.09 bits per heavy atom. The smallest absolute Gasteiger partial charge is 0.293 e. The van der Waals surface area contributed by atoms with Gasteiger partial charge in [0.2, 0.25) is 0 Å². The van der Waals surface area contributed by atoms with Crippen molar-refractivity contribution < 1.29 is 9.72 Å². The Balaban J connectivity index is 1.46. The molecule has 0 aliphatic carbocycles. The van der Waals surface area contributed by atoms with Crippen LogP contribution in [-0.2, 0) is 0 Å². The molecule has 10 heteroatoms. The predicted molar refractivity (Wildman–Crippen MR) is 127 cm³/mol. The molecule has 0 radical (unpaired) electrons. The lowest BCUT2D eigenvalue weighted by Gasteiger charge is -2.35. The Morgan fingerprint density at radius 2 is 1.85 bits per heavy atom. The third-order valence-electron chi connectivity index (χ3n) is 5.55. The van der Waals surface area contributed by atoms with Crippen molar-refractivity contribution in [1.82, 2.24) is 14.9 Å². The molecule has 0 saturated carbocycles. The maximum atomic E-state index is 13.1. The molecule has 1 aliphatic rings. The van der Waals surface area contributed by atoms with E-state index in [1.807, 2.05) is 30.0 Å². The number of amides is 1. The zero-order valence-corrected chi connectivity index (χ0v) is 18.8. The van der Waals surface area contributed by atoms with Gasteiger partial charge in [0.25, 0.3) is 11.6 Å². The summed E-state index contributed by atoms with van der Waals surface area (Å²) >= 11 is 6.23. The molecule has 1 unspecified atom stereocenters. The first-order valence-corrected chi connectivity index (χ1v) is 10.9. The zero-order valence-electron chi connectivity index (χ0n) is 18.0. The number of piperazine rings is 1. The lowest BCUT2D eigenvalue weighted by atomic mass is 10.1. The zero-order chi connectivity index (χ0) is 23.4. The number of halogens is 1. The Hall–Kier alpha value is -3.72. The van der Waals surface area contributed by atoms with E-state index in [4.69, 9.17) is 11.6 Å². The van der Waals surface area contributed by atoms with Crippen LogP contribution in [0.1, 0.15) is 29.0 Å². The van der Waals surface area contributed by atoms with Gasteiger partial charge in [-0.25, -0.2) is 4.98 Å². The summed E-state index contributed by atoms with van der Waals surface area (Å²) in [6, 6.07) is 13.4. The highest BCUT2D eigenvalue weighted by Crippen LogP contribution is 2.30. The summed E-state index contributed by atoms with van der Waals surface area (Å²) in [4.78, 5) is 36.6. The third kappa shape index (κ3) is 5.04. The van der Waals surface area contributed by atoms with E-state index in [9.17, 15) is 14.9 Å². The van der Waals surface area contributed by atoms with Crippen LogP contribution in [0.2, 0.25) is 5.02 Å². The van der Waals surface area contributed by atoms with Gasteiger partial charge in [-0.05, 0) is 43.3 Å². The van der Waals surface area contributed by atoms with Gasteiger partial charge in [0.05, 0.1) is 21.7 Å². The molecule has 4 rings (SSSR count). The molecule has 3 heterocycles. The summed E-state index contributed by atoms with van der Waals surface area (Å²) < 4.78 is 0. The molecule has 170 valence electrons. The third-order valence-corrected chi connectivity index (χ3v) is 5.85. The molecule has 1 atom stereocenters. The standard InChI is InChI=1S/C23H23ClN6O3/c1-16(19-6-2-3-9-25-19)27-20-8-7-17(15-21(20)30(32)33)23(31)29-13-11-28(12-14-29)22-18(24)5-4-10-26-22/h2-10,15-16,27H,11-14H2,1H3. The normalized spacial score (nSPS) is 14.6. The van der Waals surface area contributed by atoms with Crippen molar-refractivity contribution in [2.24, 2.45) is 0 Å². The molecule has 1 amide bonds. The molecule has 1 fully saturated rings. The Morgan fingerprint density at radius 3 is 2.52 bits per heavy atom. The number of rotatable bonds is 6. The predicted octanol–water partition coefficient (Wildman–Crippen LogP) is 4.17. The van der Waals surface area contributed by atoms with Gasteiger partial charge in [0.1, 0.15) is 11.5 Å². The van der Waals surface area contributed by atoms with E-state index in [1.165, 1.54) is 6.07 Å². The van der Waals surface area contributed by atoms with E-state index in [2.05, 4.69) is 15.3 Å². The number of nitro benzene ring substituents is 1. The number of hydrogen-bond donors (Lipinski definition) is 1. The van der Waals surface area contributed by atoms with Crippen molar-refractivity contribution in [3.05, 3.63) is 87.3 Å². The monoisotopic (exact) mass is 466 g/mol. The number of aromatic nitrogens is 2. The molecule has 0 spiro atoms. The molecule has 33 heavy (non-hydrogen) atoms. The molecule has 1 aromatic carbocycles. The molecule has 1 aliphatic heterocycles. The molecule has 3 aromatic rings. The van der Waals surface area contributed by atoms with Crippen LogP contribution in [-0.4, -0.2) is 51.9 Å². The molecular formula is C23H23ClN6O3. The van der Waals surface area contributed by atoms with Crippen molar-refractivity contribution in [3.63, 3.8) is 0 Å². The maximum Gasteiger partial charge on any atom is 0.293 e. The number of carbonyl (C=O) groups excluding carboxylic acids is 1. The highest BCUT2D eigenvalue weighted by molar-refractivity contribution is 6.32. The van der Waals surface area contributed by atoms with E-state index in [-0.39, 0.29) is 23.2 Å². The average molecular weight is 467 g/mol. The Labute approximate surface area is 196 Å². The lowest BCUT2D eigenvalue weighted by Crippen LogP contribution is -2.49. The van der Waals surface area contributed by atoms with Crippen LogP contribution >= 0.6 is 11.6 Å². The van der Waals surface area contributed by atoms with E-state index < -0.39 is 4.92 Å². The molecular weight excluding hydrogens is 444 g/mol. The summed E-state index contributed by atoms with van der Waals surface area (Å²) in [5.74, 6) is 0.452. The minimum atomic E-state index is -0.481. The van der Waals surface area contributed by atoms with Gasteiger partial charge in [-0.15, -0.1) is 0 Å². The first kappa shape index (κ1) is 22.5. The number of nitrogens with zero attached hydrogens (tertiary/aromatic N) is 5. The second-order valence-corrected chi connectivity index (χ2v) is 8.10. The number of nitrogens with one attached hydrogen (secondary N) is 1. The lowest BCUT2D eigenvalue weighted by molar-refractivity contribution is -0.384. The van der Waals surface area contributed by atoms with Crippen LogP contribution in [0.3, 0.4) is 0 Å². The van der Waals surface area contributed by atoms with Gasteiger partial charge in [-0.1, -0.05) is 17.7 Å². The second kappa shape index (κ2) is 9.83. The van der Waals surface area contributed by atoms with E-state index in [0.717, 1.165) is 5.69 Å². The summed E-state index contributed by atoms with van der Waals surface area (Å²) in [6.07, 6.45) is 3.35. The summed E-state index contributed by atoms with van der Waals surface area (Å²) in [5, 5.41) is 15.4. The number of benzene rings is 1. The number of carbonyl (C=O) groups is 1. The minimum Gasteiger partial charge on any atom is -0.371 e. The van der Waals surface area contributed by atoms with Crippen LogP contribution in [0.4, 0.5) is 17.2 Å². The first-order chi connectivity index (χ1) is 15.9. The second-order valence-electron chi connectivity index (χ2n) is 7.70. The molecule has 0 bridgehead atoms. The number of hydrogen-bond acceptors (Lipinski definition) is 7. The van der Waals surface area contributed by atoms with Crippen molar-refractivity contribution in [2.45, 2.75) is 13.0 Å². The van der Waals surface area contributed by atoms with E-state index >= 15 is 0 Å². The van der Waals surface area contributed by atoms with Crippen molar-refractivity contribution in [3.8, 4) is 0 Å². The molecule has 1 saturated heterocycles. The van der Waals surface area contributed by atoms with Gasteiger partial charge in [-0.2, -0.15) is 0 Å². The molecule has 1 N–H and O–H groups in total. The number of anilines is 2. The fourth-order valence-corrected chi connectivity index (χ4v) is 4.03. The van der Waals surface area contributed by atoms with Crippen LogP contribution in [0.15, 0.2) is 60.9 Å². The fourth-order valence-electron chi connectivity index (χ4n) is 3.79. The van der Waals surface area contributed by atoms with Gasteiger partial charge in [0, 0.05) is 50.2 Å². The number of pyridine rings is 2. The van der Waals surface area contributed by atoms with E-state index in [0.29, 0.717) is 42.7 Å². The highest BCUT2D eigenvalue weighted by atomic mass is 35.5. The fraction of sp³-hybridized carbons (Fsp3) is 0.261. The minimum absolute atomic E-state index is 0.150. The molecule has 2 aromatic heterocycles. The van der Waals surface area contributed by atoms with Crippen LogP contribution in [0.5, 0.6) is 0 Å². The SMILES string of the molecule is CC(Nc1ccc(C(=O)N2CCN(c3ncccc3Cl)CC2)cc1[N+](=O)[O-])c1ccccn1. The molecule has 9 nitrogen and oxygen atoms in total. The Kier molecular flexibility index (Phi) is 6.69. The summed E-state index contributed by atoms with van der Waals surface area (Å²) in [5.41, 5.74) is 1.23. The van der Waals surface area contributed by atoms with Gasteiger partial charge >= 0.3 is 0 Å². The topological polar surface area (TPSA) is 105 Å². The van der Waals surface area contributed by atoms with Crippen molar-refractivity contribution in [1.29, 1.82) is 0 Å². The van der Waals surface area contributed by atoms with E-state index in [1.54, 1.807) is 41.6 Å². The quantitative estimate of drug-likeness (QED) is 0.429. The van der Waals surface area contributed by atoms with Crippen LogP contribution in [0.25, 0.3) is 0 Å². The van der Waals surface area contributed by atoms with Crippen LogP contribution < -0.4 is 10.2 Å². The van der Waals surface area contributed by atoms with Crippen molar-refractivity contribution in [2.75, 3.05) is 36.4 Å². The first-order valence-electron chi connectivity index (χ1n) is 10.5. The summed E-state index contributed by atoms with van der Waals surface area (Å²) in [6.45, 7) is 3.96. The van der Waals surface area contributed by atoms with Gasteiger partial charge < -0.3 is 15.1 Å². The largest absolute Gasteiger partial charge is 0.371 e. The highest BCUT2D eigenvalue weighted by Gasteiger charge is 2.26. The van der Waals surface area contributed by atoms with Crippen LogP contribution in [0, 0.1) is 10.1 Å². The van der Waals surface area contributed by atoms with Gasteiger partial charge in [0.15, 0.2) is 0 Å². The van der Waals surface area contributed by atoms with Gasteiger partial charge in [-0.3, -0.25) is 19.9 Å². The average Bonchev–Trinajstić information content (AvgIpc) is 2.84. The maximum absolute atomic E-state index is 13.1. The Bertz CT molecular complexity index is 1150. The van der Waals surface area contributed by atoms with Crippen molar-refractivity contribution >= 4 is 34.7 Å². The number of nitro groups is 1. The summed E-state index contributed by atoms with van der Waals surface area (Å²) in [7, 11) is 0.